The zero-order chi connectivity index (χ0) is 9.14. The van der Waals surface area contributed by atoms with E-state index in [0.717, 1.165) is 0 Å². The predicted molar refractivity (Wildman–Crippen MR) is 41.5 cm³/mol. The largest absolute Gasteiger partial charge is 0.298 e. The molecule has 0 atom stereocenters. The van der Waals surface area contributed by atoms with Crippen LogP contribution in [0.1, 0.15) is 27.9 Å². The highest BCUT2D eigenvalue weighted by Gasteiger charge is 2.11. The van der Waals surface area contributed by atoms with E-state index in [1.807, 2.05) is 0 Å². The molecule has 0 bridgehead atoms. The Labute approximate surface area is 69.0 Å². The first kappa shape index (κ1) is 8.84. The molecule has 0 fully saturated rings. The minimum absolute atomic E-state index is 0.0698. The van der Waals surface area contributed by atoms with Gasteiger partial charge >= 0.3 is 0 Å². The van der Waals surface area contributed by atoms with E-state index in [1.165, 1.54) is 25.1 Å². The lowest BCUT2D eigenvalue weighted by Crippen LogP contribution is -1.94. The van der Waals surface area contributed by atoms with E-state index in [-0.39, 0.29) is 5.56 Å². The van der Waals surface area contributed by atoms with E-state index >= 15 is 0 Å². The van der Waals surface area contributed by atoms with Crippen LogP contribution in [0.15, 0.2) is 18.2 Å². The van der Waals surface area contributed by atoms with Gasteiger partial charge in [-0.1, -0.05) is 18.2 Å². The maximum absolute atomic E-state index is 12.2. The molecule has 0 saturated carbocycles. The van der Waals surface area contributed by atoms with Gasteiger partial charge < -0.3 is 0 Å². The number of alkyl halides is 2. The smallest absolute Gasteiger partial charge is 0.264 e. The molecule has 1 rings (SSSR count). The van der Waals surface area contributed by atoms with Gasteiger partial charge in [-0.15, -0.1) is 0 Å². The van der Waals surface area contributed by atoms with Crippen LogP contribution in [0.25, 0.3) is 0 Å². The molecule has 0 aromatic heterocycles. The van der Waals surface area contributed by atoms with Gasteiger partial charge in [-0.3, -0.25) is 4.79 Å². The van der Waals surface area contributed by atoms with E-state index in [0.29, 0.717) is 17.4 Å². The Morgan fingerprint density at radius 3 is 2.58 bits per heavy atom. The number of aldehydes is 1. The third kappa shape index (κ3) is 1.49. The average molecular weight is 170 g/mol. The second-order valence-corrected chi connectivity index (χ2v) is 2.48. The highest BCUT2D eigenvalue weighted by atomic mass is 19.3. The van der Waals surface area contributed by atoms with E-state index in [4.69, 9.17) is 0 Å². The summed E-state index contributed by atoms with van der Waals surface area (Å²) in [5.74, 6) is 0. The Morgan fingerprint density at radius 1 is 1.42 bits per heavy atom. The maximum Gasteiger partial charge on any atom is 0.264 e. The topological polar surface area (TPSA) is 17.1 Å². The van der Waals surface area contributed by atoms with Crippen LogP contribution in [-0.4, -0.2) is 6.29 Å². The zero-order valence-corrected chi connectivity index (χ0v) is 6.55. The zero-order valence-electron chi connectivity index (χ0n) is 6.55. The van der Waals surface area contributed by atoms with Gasteiger partial charge in [-0.25, -0.2) is 8.78 Å². The molecule has 0 amide bonds. The van der Waals surface area contributed by atoms with Crippen molar-refractivity contribution in [3.8, 4) is 0 Å². The standard InChI is InChI=1S/C9H8F2O/c1-6-7(5-12)3-2-4-8(6)9(10)11/h2-5,9H,1H3. The fourth-order valence-electron chi connectivity index (χ4n) is 1.04. The second kappa shape index (κ2) is 3.43. The van der Waals surface area contributed by atoms with Gasteiger partial charge in [-0.05, 0) is 12.5 Å². The molecule has 0 aliphatic carbocycles. The van der Waals surface area contributed by atoms with Crippen molar-refractivity contribution in [1.29, 1.82) is 0 Å². The van der Waals surface area contributed by atoms with Crippen molar-refractivity contribution in [1.82, 2.24) is 0 Å². The fourth-order valence-corrected chi connectivity index (χ4v) is 1.04. The van der Waals surface area contributed by atoms with Gasteiger partial charge in [-0.2, -0.15) is 0 Å². The second-order valence-electron chi connectivity index (χ2n) is 2.48. The van der Waals surface area contributed by atoms with Gasteiger partial charge in [0.15, 0.2) is 0 Å². The highest BCUT2D eigenvalue weighted by Crippen LogP contribution is 2.23. The molecule has 0 radical (unpaired) electrons. The quantitative estimate of drug-likeness (QED) is 0.623. The minimum Gasteiger partial charge on any atom is -0.298 e. The molecule has 0 spiro atoms. The molecule has 1 aromatic carbocycles. The molecular weight excluding hydrogens is 162 g/mol. The lowest BCUT2D eigenvalue weighted by molar-refractivity contribution is 0.112. The molecule has 0 aliphatic rings. The van der Waals surface area contributed by atoms with Crippen molar-refractivity contribution in [2.24, 2.45) is 0 Å². The first-order valence-corrected chi connectivity index (χ1v) is 3.49. The summed E-state index contributed by atoms with van der Waals surface area (Å²) < 4.78 is 24.5. The van der Waals surface area contributed by atoms with Crippen LogP contribution < -0.4 is 0 Å². The number of benzene rings is 1. The molecule has 64 valence electrons. The summed E-state index contributed by atoms with van der Waals surface area (Å²) in [4.78, 5) is 10.4. The first-order valence-electron chi connectivity index (χ1n) is 3.49. The third-order valence-corrected chi connectivity index (χ3v) is 1.78. The number of hydrogen-bond donors (Lipinski definition) is 0. The van der Waals surface area contributed by atoms with E-state index < -0.39 is 6.43 Å². The molecule has 0 aliphatic heterocycles. The van der Waals surface area contributed by atoms with E-state index in [9.17, 15) is 13.6 Å². The Hall–Kier alpha value is -1.25. The molecule has 1 nitrogen and oxygen atoms in total. The summed E-state index contributed by atoms with van der Waals surface area (Å²) in [5, 5.41) is 0. The molecule has 3 heteroatoms. The highest BCUT2D eigenvalue weighted by molar-refractivity contribution is 5.77. The van der Waals surface area contributed by atoms with Crippen LogP contribution in [0.4, 0.5) is 8.78 Å². The first-order chi connectivity index (χ1) is 5.66. The van der Waals surface area contributed by atoms with Crippen molar-refractivity contribution in [2.45, 2.75) is 13.3 Å². The van der Waals surface area contributed by atoms with Gasteiger partial charge in [0.05, 0.1) is 0 Å². The molecular formula is C9H8F2O. The SMILES string of the molecule is Cc1c(C=O)cccc1C(F)F. The molecule has 0 heterocycles. The summed E-state index contributed by atoms with van der Waals surface area (Å²) in [7, 11) is 0. The summed E-state index contributed by atoms with van der Waals surface area (Å²) in [6, 6.07) is 4.30. The van der Waals surface area contributed by atoms with E-state index in [1.54, 1.807) is 0 Å². The summed E-state index contributed by atoms with van der Waals surface area (Å²) in [6.07, 6.45) is -1.92. The lowest BCUT2D eigenvalue weighted by Gasteiger charge is -2.05. The lowest BCUT2D eigenvalue weighted by atomic mass is 10.0. The number of halogens is 2. The summed E-state index contributed by atoms with van der Waals surface area (Å²) in [6.45, 7) is 1.52. The van der Waals surface area contributed by atoms with Crippen molar-refractivity contribution in [3.05, 3.63) is 34.9 Å². The Morgan fingerprint density at radius 2 is 2.08 bits per heavy atom. The van der Waals surface area contributed by atoms with Crippen molar-refractivity contribution in [3.63, 3.8) is 0 Å². The molecule has 0 N–H and O–H groups in total. The Kier molecular flexibility index (Phi) is 2.53. The summed E-state index contributed by atoms with van der Waals surface area (Å²) in [5.41, 5.74) is 0.620. The number of carbonyl (C=O) groups is 1. The maximum atomic E-state index is 12.2. The predicted octanol–water partition coefficient (Wildman–Crippen LogP) is 2.75. The van der Waals surface area contributed by atoms with Crippen LogP contribution >= 0.6 is 0 Å². The normalized spacial score (nSPS) is 10.3. The van der Waals surface area contributed by atoms with Gasteiger partial charge in [0.25, 0.3) is 6.43 Å². The Bertz CT molecular complexity index is 295. The molecule has 12 heavy (non-hydrogen) atoms. The molecule has 1 aromatic rings. The number of carbonyl (C=O) groups excluding carboxylic acids is 1. The van der Waals surface area contributed by atoms with Crippen LogP contribution in [0.2, 0.25) is 0 Å². The van der Waals surface area contributed by atoms with Crippen LogP contribution in [0.3, 0.4) is 0 Å². The molecule has 0 unspecified atom stereocenters. The van der Waals surface area contributed by atoms with Crippen LogP contribution in [0, 0.1) is 6.92 Å². The minimum atomic E-state index is -2.51. The van der Waals surface area contributed by atoms with Gasteiger partial charge in [0, 0.05) is 11.1 Å². The van der Waals surface area contributed by atoms with Crippen molar-refractivity contribution >= 4 is 6.29 Å². The molecule has 0 saturated heterocycles. The average Bonchev–Trinajstić information content (AvgIpc) is 2.04. The Balaban J connectivity index is 3.22. The van der Waals surface area contributed by atoms with Crippen LogP contribution in [-0.2, 0) is 0 Å². The fraction of sp³-hybridized carbons (Fsp3) is 0.222. The number of hydrogen-bond acceptors (Lipinski definition) is 1. The third-order valence-electron chi connectivity index (χ3n) is 1.78. The van der Waals surface area contributed by atoms with Crippen LogP contribution in [0.5, 0.6) is 0 Å². The summed E-state index contributed by atoms with van der Waals surface area (Å²) >= 11 is 0. The van der Waals surface area contributed by atoms with E-state index in [2.05, 4.69) is 0 Å². The van der Waals surface area contributed by atoms with Gasteiger partial charge in [0.1, 0.15) is 6.29 Å². The number of rotatable bonds is 2. The monoisotopic (exact) mass is 170 g/mol. The van der Waals surface area contributed by atoms with Crippen molar-refractivity contribution in [2.75, 3.05) is 0 Å². The van der Waals surface area contributed by atoms with Crippen molar-refractivity contribution < 1.29 is 13.6 Å². The van der Waals surface area contributed by atoms with Gasteiger partial charge in [0.2, 0.25) is 0 Å².